The summed E-state index contributed by atoms with van der Waals surface area (Å²) >= 11 is 0. The predicted octanol–water partition coefficient (Wildman–Crippen LogP) is 8.38. The summed E-state index contributed by atoms with van der Waals surface area (Å²) < 4.78 is 0. The van der Waals surface area contributed by atoms with Crippen LogP contribution < -0.4 is 0 Å². The number of hydrogen-bond acceptors (Lipinski definition) is 2. The first-order chi connectivity index (χ1) is 19.8. The van der Waals surface area contributed by atoms with Gasteiger partial charge in [-0.05, 0) is 34.1 Å². The summed E-state index contributed by atoms with van der Waals surface area (Å²) in [5.41, 5.74) is 9.85. The predicted molar refractivity (Wildman–Crippen MR) is 160 cm³/mol. The molecule has 2 heteroatoms. The van der Waals surface area contributed by atoms with Crippen LogP contribution in [0, 0.1) is 46.3 Å². The maximum atomic E-state index is 10.1. The van der Waals surface area contributed by atoms with Crippen molar-refractivity contribution >= 4 is 0 Å². The first-order valence-electron chi connectivity index (χ1n) is 12.8. The Hall–Kier alpha value is -6.06. The highest BCUT2D eigenvalue weighted by Gasteiger charge is 2.23. The average molecular weight is 505 g/mol. The van der Waals surface area contributed by atoms with Gasteiger partial charge in [0.1, 0.15) is 12.1 Å². The zero-order valence-electron chi connectivity index (χ0n) is 21.4. The van der Waals surface area contributed by atoms with Crippen LogP contribution in [0.4, 0.5) is 0 Å². The van der Waals surface area contributed by atoms with Crippen LogP contribution in [0.2, 0.25) is 0 Å². The van der Waals surface area contributed by atoms with Crippen molar-refractivity contribution in [3.63, 3.8) is 0 Å². The monoisotopic (exact) mass is 504 g/mol. The van der Waals surface area contributed by atoms with Gasteiger partial charge in [-0.3, -0.25) is 0 Å². The smallest absolute Gasteiger partial charge is 0.100 e. The fraction of sp³-hybridized carbons (Fsp3) is 0. The molecule has 0 bridgehead atoms. The molecule has 0 aliphatic heterocycles. The van der Waals surface area contributed by atoms with E-state index in [0.717, 1.165) is 55.6 Å². The Morgan fingerprint density at radius 3 is 0.975 bits per heavy atom. The second kappa shape index (κ2) is 10.7. The number of nitriles is 2. The van der Waals surface area contributed by atoms with E-state index in [-0.39, 0.29) is 0 Å². The minimum atomic E-state index is 0.606. The fourth-order valence-electron chi connectivity index (χ4n) is 5.22. The van der Waals surface area contributed by atoms with E-state index in [2.05, 4.69) is 35.8 Å². The Balaban J connectivity index is 1.56. The van der Waals surface area contributed by atoms with Crippen molar-refractivity contribution in [2.45, 2.75) is 0 Å². The molecule has 0 aromatic heterocycles. The minimum absolute atomic E-state index is 0.606. The largest absolute Gasteiger partial charge is 0.192 e. The number of rotatable bonds is 2. The van der Waals surface area contributed by atoms with Gasteiger partial charge in [-0.15, -0.1) is 0 Å². The van der Waals surface area contributed by atoms with Crippen LogP contribution in [0.5, 0.6) is 0 Å². The fourth-order valence-corrected chi connectivity index (χ4v) is 5.22. The maximum Gasteiger partial charge on any atom is 0.100 e. The van der Waals surface area contributed by atoms with Gasteiger partial charge < -0.3 is 0 Å². The van der Waals surface area contributed by atoms with Crippen LogP contribution in [0.3, 0.4) is 0 Å². The summed E-state index contributed by atoms with van der Waals surface area (Å²) in [7, 11) is 0. The number of benzene rings is 2. The summed E-state index contributed by atoms with van der Waals surface area (Å²) in [5.74, 6) is 12.7. The Kier molecular flexibility index (Phi) is 6.52. The van der Waals surface area contributed by atoms with E-state index in [1.54, 1.807) is 0 Å². The highest BCUT2D eigenvalue weighted by Crippen LogP contribution is 2.42. The lowest BCUT2D eigenvalue weighted by Crippen LogP contribution is -1.83. The van der Waals surface area contributed by atoms with Crippen molar-refractivity contribution in [3.8, 4) is 80.3 Å². The topological polar surface area (TPSA) is 47.6 Å². The van der Waals surface area contributed by atoms with E-state index >= 15 is 0 Å². The molecule has 0 unspecified atom stereocenters. The van der Waals surface area contributed by atoms with E-state index < -0.39 is 0 Å². The van der Waals surface area contributed by atoms with Crippen molar-refractivity contribution in [1.82, 2.24) is 0 Å². The van der Waals surface area contributed by atoms with Crippen molar-refractivity contribution in [2.24, 2.45) is 0 Å². The van der Waals surface area contributed by atoms with Gasteiger partial charge in [-0.1, -0.05) is 133 Å². The summed E-state index contributed by atoms with van der Waals surface area (Å²) in [6.45, 7) is 0. The zero-order chi connectivity index (χ0) is 27.3. The van der Waals surface area contributed by atoms with Crippen LogP contribution in [-0.4, -0.2) is 0 Å². The van der Waals surface area contributed by atoms with Gasteiger partial charge in [0, 0.05) is 33.4 Å². The number of nitrogens with zero attached hydrogens (tertiary/aromatic N) is 2. The Labute approximate surface area is 234 Å². The van der Waals surface area contributed by atoms with Crippen LogP contribution in [-0.2, 0) is 0 Å². The molecule has 2 aromatic rings. The minimum Gasteiger partial charge on any atom is -0.192 e. The van der Waals surface area contributed by atoms with E-state index in [9.17, 15) is 10.5 Å². The molecule has 4 aliphatic carbocycles. The zero-order valence-corrected chi connectivity index (χ0v) is 21.4. The molecule has 2 nitrogen and oxygen atoms in total. The van der Waals surface area contributed by atoms with Gasteiger partial charge >= 0.3 is 0 Å². The molecule has 0 saturated heterocycles. The molecular formula is C38H20N2. The molecular weight excluding hydrogens is 484 g/mol. The second-order valence-corrected chi connectivity index (χ2v) is 9.18. The summed E-state index contributed by atoms with van der Waals surface area (Å²) in [4.78, 5) is 0. The quantitative estimate of drug-likeness (QED) is 0.222. The molecule has 0 saturated carbocycles. The van der Waals surface area contributed by atoms with E-state index in [0.29, 0.717) is 11.1 Å². The van der Waals surface area contributed by atoms with Crippen LogP contribution in [0.1, 0.15) is 22.3 Å². The van der Waals surface area contributed by atoms with Gasteiger partial charge in [-0.25, -0.2) is 0 Å². The van der Waals surface area contributed by atoms with Crippen molar-refractivity contribution in [2.75, 3.05) is 0 Å². The Morgan fingerprint density at radius 2 is 0.650 bits per heavy atom. The van der Waals surface area contributed by atoms with Crippen LogP contribution in [0.15, 0.2) is 121 Å². The average Bonchev–Trinajstić information content (AvgIpc) is 3.19. The summed E-state index contributed by atoms with van der Waals surface area (Å²) in [6.07, 6.45) is 0. The van der Waals surface area contributed by atoms with Gasteiger partial charge in [0.25, 0.3) is 0 Å². The SMILES string of the molecule is N#Cc1c2cccccc-2c(C#CC#Cc2c3cccccc-3c(C#N)c2-c2ccccc2)c1-c1ccccc1. The first-order valence-corrected chi connectivity index (χ1v) is 12.8. The van der Waals surface area contributed by atoms with Crippen molar-refractivity contribution < 1.29 is 0 Å². The summed E-state index contributed by atoms with van der Waals surface area (Å²) in [6, 6.07) is 44.2. The lowest BCUT2D eigenvalue weighted by atomic mass is 10.0. The normalized spacial score (nSPS) is 10.1. The molecule has 0 spiro atoms. The Bertz CT molecular complexity index is 1870. The third-order valence-corrected chi connectivity index (χ3v) is 6.94. The lowest BCUT2D eigenvalue weighted by Gasteiger charge is -2.01. The van der Waals surface area contributed by atoms with Crippen molar-refractivity contribution in [1.29, 1.82) is 10.5 Å². The standard InChI is InChI=1S/C38H20N2/c39-25-35-31-21-11-3-9-19-29(31)33(37(35)27-15-5-1-6-16-27)23-13-14-24-34-30-20-10-4-12-22-32(30)36(26-40)38(34)28-17-7-2-8-18-28/h1-12,15-22H. The maximum absolute atomic E-state index is 10.1. The van der Waals surface area contributed by atoms with E-state index in [1.165, 1.54) is 0 Å². The van der Waals surface area contributed by atoms with Gasteiger partial charge in [0.2, 0.25) is 0 Å². The van der Waals surface area contributed by atoms with Gasteiger partial charge in [0.05, 0.1) is 11.1 Å². The molecule has 0 atom stereocenters. The van der Waals surface area contributed by atoms with E-state index in [1.807, 2.05) is 121 Å². The highest BCUT2D eigenvalue weighted by molar-refractivity contribution is 5.96. The molecule has 0 heterocycles. The molecule has 0 radical (unpaired) electrons. The van der Waals surface area contributed by atoms with Crippen LogP contribution in [0.25, 0.3) is 44.5 Å². The first kappa shape index (κ1) is 24.3. The number of fused-ring (bicyclic) bond motifs is 2. The van der Waals surface area contributed by atoms with Gasteiger partial charge in [-0.2, -0.15) is 10.5 Å². The molecule has 0 fully saturated rings. The highest BCUT2D eigenvalue weighted by atomic mass is 14.3. The molecule has 0 amide bonds. The molecule has 40 heavy (non-hydrogen) atoms. The molecule has 0 N–H and O–H groups in total. The van der Waals surface area contributed by atoms with E-state index in [4.69, 9.17) is 0 Å². The third-order valence-electron chi connectivity index (χ3n) is 6.94. The molecule has 182 valence electrons. The van der Waals surface area contributed by atoms with Crippen molar-refractivity contribution in [3.05, 3.63) is 144 Å². The molecule has 6 rings (SSSR count). The molecule has 2 aromatic carbocycles. The summed E-state index contributed by atoms with van der Waals surface area (Å²) in [5, 5.41) is 20.3. The lowest BCUT2D eigenvalue weighted by molar-refractivity contribution is 1.50. The molecule has 4 aliphatic rings. The van der Waals surface area contributed by atoms with Gasteiger partial charge in [0.15, 0.2) is 0 Å². The Morgan fingerprint density at radius 1 is 0.350 bits per heavy atom. The second-order valence-electron chi connectivity index (χ2n) is 9.18. The number of hydrogen-bond donors (Lipinski definition) is 0. The van der Waals surface area contributed by atoms with Crippen LogP contribution >= 0.6 is 0 Å². The third kappa shape index (κ3) is 4.24.